The van der Waals surface area contributed by atoms with E-state index in [-0.39, 0.29) is 17.5 Å². The minimum atomic E-state index is -1.59. The van der Waals surface area contributed by atoms with Crippen LogP contribution in [0.2, 0.25) is 0 Å². The molecule has 0 amide bonds. The zero-order valence-electron chi connectivity index (χ0n) is 9.94. The number of benzene rings is 2. The maximum atomic E-state index is 13.4. The molecule has 1 unspecified atom stereocenters. The molecule has 0 saturated heterocycles. The molecule has 0 aliphatic carbocycles. The molecular formula is C14H8ClF5. The second-order valence-electron chi connectivity index (χ2n) is 4.21. The molecule has 6 heteroatoms. The molecule has 0 spiro atoms. The van der Waals surface area contributed by atoms with E-state index < -0.39 is 34.5 Å². The third kappa shape index (κ3) is 3.10. The van der Waals surface area contributed by atoms with Crippen molar-refractivity contribution in [3.05, 3.63) is 70.5 Å². The summed E-state index contributed by atoms with van der Waals surface area (Å²) in [7, 11) is 0. The summed E-state index contributed by atoms with van der Waals surface area (Å²) in [6.07, 6.45) is -0.113. The van der Waals surface area contributed by atoms with Gasteiger partial charge in [-0.3, -0.25) is 0 Å². The van der Waals surface area contributed by atoms with Gasteiger partial charge in [0.15, 0.2) is 17.5 Å². The van der Waals surface area contributed by atoms with Gasteiger partial charge in [-0.2, -0.15) is 0 Å². The zero-order chi connectivity index (χ0) is 14.9. The first-order chi connectivity index (χ1) is 9.38. The van der Waals surface area contributed by atoms with E-state index in [4.69, 9.17) is 11.6 Å². The van der Waals surface area contributed by atoms with Gasteiger partial charge in [0.25, 0.3) is 0 Å². The average molecular weight is 307 g/mol. The largest absolute Gasteiger partial charge is 0.207 e. The number of alkyl halides is 1. The molecule has 1 atom stereocenters. The molecule has 2 aromatic carbocycles. The quantitative estimate of drug-likeness (QED) is 0.429. The Bertz CT molecular complexity index is 618. The maximum absolute atomic E-state index is 13.4. The van der Waals surface area contributed by atoms with Crippen molar-refractivity contribution in [2.45, 2.75) is 11.8 Å². The van der Waals surface area contributed by atoms with Crippen LogP contribution in [0.15, 0.2) is 30.3 Å². The fraction of sp³-hybridized carbons (Fsp3) is 0.143. The van der Waals surface area contributed by atoms with E-state index in [1.807, 2.05) is 0 Å². The summed E-state index contributed by atoms with van der Waals surface area (Å²) < 4.78 is 65.1. The predicted molar refractivity (Wildman–Crippen MR) is 65.0 cm³/mol. The first-order valence-electron chi connectivity index (χ1n) is 5.61. The van der Waals surface area contributed by atoms with Gasteiger partial charge in [-0.15, -0.1) is 11.6 Å². The van der Waals surface area contributed by atoms with Crippen molar-refractivity contribution in [1.29, 1.82) is 0 Å². The lowest BCUT2D eigenvalue weighted by atomic mass is 10.0. The zero-order valence-corrected chi connectivity index (χ0v) is 10.7. The molecule has 106 valence electrons. The highest BCUT2D eigenvalue weighted by atomic mass is 35.5. The van der Waals surface area contributed by atoms with Crippen LogP contribution in [0.25, 0.3) is 0 Å². The van der Waals surface area contributed by atoms with Crippen LogP contribution in [0.5, 0.6) is 0 Å². The van der Waals surface area contributed by atoms with Gasteiger partial charge in [-0.05, 0) is 35.7 Å². The van der Waals surface area contributed by atoms with E-state index in [2.05, 4.69) is 0 Å². The van der Waals surface area contributed by atoms with Gasteiger partial charge < -0.3 is 0 Å². The van der Waals surface area contributed by atoms with Crippen LogP contribution in [-0.4, -0.2) is 0 Å². The molecule has 0 aromatic heterocycles. The summed E-state index contributed by atoms with van der Waals surface area (Å²) >= 11 is 5.93. The fourth-order valence-corrected chi connectivity index (χ4v) is 2.05. The van der Waals surface area contributed by atoms with Crippen molar-refractivity contribution in [2.24, 2.45) is 0 Å². The van der Waals surface area contributed by atoms with Gasteiger partial charge in [-0.1, -0.05) is 6.07 Å². The number of halogens is 6. The smallest absolute Gasteiger partial charge is 0.194 e. The molecule has 0 aliphatic heterocycles. The summed E-state index contributed by atoms with van der Waals surface area (Å²) in [6.45, 7) is 0. The van der Waals surface area contributed by atoms with Gasteiger partial charge in [0.2, 0.25) is 0 Å². The predicted octanol–water partition coefficient (Wildman–Crippen LogP) is 4.90. The standard InChI is InChI=1S/C14H8ClF5/c15-10(3-7-1-2-9(16)6-11(7)17)8-4-12(18)14(20)13(19)5-8/h1-2,4-6,10H,3H2. The van der Waals surface area contributed by atoms with Crippen molar-refractivity contribution < 1.29 is 22.0 Å². The Labute approximate surface area is 116 Å². The van der Waals surface area contributed by atoms with Gasteiger partial charge >= 0.3 is 0 Å². The van der Waals surface area contributed by atoms with Crippen molar-refractivity contribution in [2.75, 3.05) is 0 Å². The molecule has 0 bridgehead atoms. The number of hydrogen-bond acceptors (Lipinski definition) is 0. The lowest BCUT2D eigenvalue weighted by Gasteiger charge is -2.11. The van der Waals surface area contributed by atoms with Gasteiger partial charge in [-0.25, -0.2) is 22.0 Å². The molecule has 20 heavy (non-hydrogen) atoms. The van der Waals surface area contributed by atoms with E-state index in [9.17, 15) is 22.0 Å². The second kappa shape index (κ2) is 5.79. The monoisotopic (exact) mass is 306 g/mol. The van der Waals surface area contributed by atoms with Crippen LogP contribution < -0.4 is 0 Å². The van der Waals surface area contributed by atoms with E-state index in [0.717, 1.165) is 18.2 Å². The average Bonchev–Trinajstić information content (AvgIpc) is 2.38. The Morgan fingerprint density at radius 2 is 1.45 bits per heavy atom. The molecule has 0 fully saturated rings. The van der Waals surface area contributed by atoms with E-state index in [1.165, 1.54) is 6.07 Å². The normalized spacial score (nSPS) is 12.5. The van der Waals surface area contributed by atoms with Crippen LogP contribution >= 0.6 is 11.6 Å². The van der Waals surface area contributed by atoms with Gasteiger partial charge in [0.1, 0.15) is 11.6 Å². The highest BCUT2D eigenvalue weighted by Crippen LogP contribution is 2.28. The third-order valence-corrected chi connectivity index (χ3v) is 3.19. The highest BCUT2D eigenvalue weighted by molar-refractivity contribution is 6.20. The number of rotatable bonds is 3. The number of hydrogen-bond donors (Lipinski definition) is 0. The van der Waals surface area contributed by atoms with Crippen LogP contribution in [0.4, 0.5) is 22.0 Å². The molecule has 0 aliphatic rings. The lowest BCUT2D eigenvalue weighted by Crippen LogP contribution is -2.02. The molecular weight excluding hydrogens is 299 g/mol. The van der Waals surface area contributed by atoms with Crippen molar-refractivity contribution in [3.8, 4) is 0 Å². The summed E-state index contributed by atoms with van der Waals surface area (Å²) in [4.78, 5) is 0. The molecule has 0 heterocycles. The molecule has 0 radical (unpaired) electrons. The minimum Gasteiger partial charge on any atom is -0.207 e. The van der Waals surface area contributed by atoms with Crippen LogP contribution in [0.3, 0.4) is 0 Å². The molecule has 0 N–H and O–H groups in total. The lowest BCUT2D eigenvalue weighted by molar-refractivity contribution is 0.445. The minimum absolute atomic E-state index is 0.0215. The fourth-order valence-electron chi connectivity index (χ4n) is 1.75. The Morgan fingerprint density at radius 1 is 0.850 bits per heavy atom. The van der Waals surface area contributed by atoms with Crippen molar-refractivity contribution >= 4 is 11.6 Å². The molecule has 2 aromatic rings. The van der Waals surface area contributed by atoms with E-state index >= 15 is 0 Å². The van der Waals surface area contributed by atoms with Crippen LogP contribution in [0.1, 0.15) is 16.5 Å². The summed E-state index contributed by atoms with van der Waals surface area (Å²) in [5.74, 6) is -5.88. The summed E-state index contributed by atoms with van der Waals surface area (Å²) in [5.41, 5.74) is 0.0725. The SMILES string of the molecule is Fc1ccc(CC(Cl)c2cc(F)c(F)c(F)c2)c(F)c1. The molecule has 2 rings (SSSR count). The Morgan fingerprint density at radius 3 is 2.00 bits per heavy atom. The topological polar surface area (TPSA) is 0 Å². The van der Waals surface area contributed by atoms with Crippen LogP contribution in [0, 0.1) is 29.1 Å². The van der Waals surface area contributed by atoms with Crippen molar-refractivity contribution in [1.82, 2.24) is 0 Å². The maximum Gasteiger partial charge on any atom is 0.194 e. The third-order valence-electron chi connectivity index (χ3n) is 2.78. The Hall–Kier alpha value is -1.62. The van der Waals surface area contributed by atoms with Crippen LogP contribution in [-0.2, 0) is 6.42 Å². The highest BCUT2D eigenvalue weighted by Gasteiger charge is 2.17. The second-order valence-corrected chi connectivity index (χ2v) is 4.73. The Kier molecular flexibility index (Phi) is 4.28. The summed E-state index contributed by atoms with van der Waals surface area (Å²) in [5, 5.41) is -0.973. The van der Waals surface area contributed by atoms with E-state index in [0.29, 0.717) is 6.07 Å². The first-order valence-corrected chi connectivity index (χ1v) is 6.04. The Balaban J connectivity index is 2.26. The first kappa shape index (κ1) is 14.8. The van der Waals surface area contributed by atoms with Crippen molar-refractivity contribution in [3.63, 3.8) is 0 Å². The van der Waals surface area contributed by atoms with Gasteiger partial charge in [0.05, 0.1) is 5.38 Å². The summed E-state index contributed by atoms with van der Waals surface area (Å²) in [6, 6.07) is 4.42. The van der Waals surface area contributed by atoms with E-state index in [1.54, 1.807) is 0 Å². The molecule has 0 nitrogen and oxygen atoms in total. The van der Waals surface area contributed by atoms with Gasteiger partial charge in [0, 0.05) is 6.07 Å². The molecule has 0 saturated carbocycles.